The maximum absolute atomic E-state index is 12.9. The Hall–Kier alpha value is -1.91. The molecule has 0 N–H and O–H groups in total. The van der Waals surface area contributed by atoms with Crippen LogP contribution in [0.25, 0.3) is 0 Å². The van der Waals surface area contributed by atoms with E-state index >= 15 is 0 Å². The van der Waals surface area contributed by atoms with E-state index < -0.39 is 14.9 Å². The molecule has 1 atom stereocenters. The molecule has 1 aliphatic rings. The highest BCUT2D eigenvalue weighted by molar-refractivity contribution is 7.89. The second kappa shape index (κ2) is 7.99. The number of non-ortho nitro benzene ring substituents is 1. The van der Waals surface area contributed by atoms with Crippen molar-refractivity contribution in [2.75, 3.05) is 13.1 Å². The molecule has 1 aromatic carbocycles. The van der Waals surface area contributed by atoms with Gasteiger partial charge in [0, 0.05) is 37.6 Å². The maximum Gasteiger partial charge on any atom is 0.269 e. The molecule has 3 rings (SSSR count). The summed E-state index contributed by atoms with van der Waals surface area (Å²) in [6, 6.07) is 5.03. The minimum Gasteiger partial charge on any atom is -0.258 e. The summed E-state index contributed by atoms with van der Waals surface area (Å²) in [6.45, 7) is 5.05. The minimum atomic E-state index is -3.69. The summed E-state index contributed by atoms with van der Waals surface area (Å²) >= 11 is 1.56. The molecule has 0 aliphatic carbocycles. The lowest BCUT2D eigenvalue weighted by molar-refractivity contribution is -0.384. The van der Waals surface area contributed by atoms with Crippen molar-refractivity contribution in [1.82, 2.24) is 14.5 Å². The van der Waals surface area contributed by atoms with E-state index in [1.165, 1.54) is 28.6 Å². The predicted octanol–water partition coefficient (Wildman–Crippen LogP) is 3.21. The number of aromatic nitrogens is 2. The van der Waals surface area contributed by atoms with Crippen molar-refractivity contribution in [3.63, 3.8) is 0 Å². The largest absolute Gasteiger partial charge is 0.269 e. The number of rotatable bonds is 6. The van der Waals surface area contributed by atoms with E-state index in [1.54, 1.807) is 11.3 Å². The van der Waals surface area contributed by atoms with E-state index in [9.17, 15) is 18.5 Å². The van der Waals surface area contributed by atoms with Crippen LogP contribution in [0.3, 0.4) is 0 Å². The Bertz CT molecular complexity index is 909. The van der Waals surface area contributed by atoms with Crippen LogP contribution in [-0.2, 0) is 16.4 Å². The quantitative estimate of drug-likeness (QED) is 0.535. The van der Waals surface area contributed by atoms with E-state index in [1.807, 2.05) is 0 Å². The average Bonchev–Trinajstić information content (AvgIpc) is 3.09. The van der Waals surface area contributed by atoms with Crippen molar-refractivity contribution < 1.29 is 13.3 Å². The number of hydrogen-bond acceptors (Lipinski definition) is 7. The summed E-state index contributed by atoms with van der Waals surface area (Å²) < 4.78 is 27.3. The van der Waals surface area contributed by atoms with Gasteiger partial charge in [-0.3, -0.25) is 10.1 Å². The maximum atomic E-state index is 12.9. The second-order valence-corrected chi connectivity index (χ2v) is 10.1. The highest BCUT2D eigenvalue weighted by Gasteiger charge is 2.32. The molecule has 1 aromatic heterocycles. The van der Waals surface area contributed by atoms with Gasteiger partial charge in [0.1, 0.15) is 10.0 Å². The Morgan fingerprint density at radius 3 is 2.63 bits per heavy atom. The third kappa shape index (κ3) is 4.50. The van der Waals surface area contributed by atoms with Gasteiger partial charge < -0.3 is 0 Å². The standard InChI is InChI=1S/C17H22N4O4S2/c1-12(2)10-16-18-19-17(26-16)13-4-3-9-20(11-13)27(24,25)15-7-5-14(6-8-15)21(22)23/h5-8,12-13H,3-4,9-11H2,1-2H3. The van der Waals surface area contributed by atoms with Crippen molar-refractivity contribution in [2.24, 2.45) is 5.92 Å². The Kier molecular flexibility index (Phi) is 5.87. The Morgan fingerprint density at radius 2 is 2.00 bits per heavy atom. The summed E-state index contributed by atoms with van der Waals surface area (Å²) in [4.78, 5) is 10.3. The average molecular weight is 411 g/mol. The van der Waals surface area contributed by atoms with Gasteiger partial charge in [0.2, 0.25) is 10.0 Å². The first-order chi connectivity index (χ1) is 12.8. The molecule has 1 unspecified atom stereocenters. The van der Waals surface area contributed by atoms with E-state index in [-0.39, 0.29) is 16.5 Å². The van der Waals surface area contributed by atoms with Crippen LogP contribution in [0.4, 0.5) is 5.69 Å². The topological polar surface area (TPSA) is 106 Å². The molecule has 10 heteroatoms. The number of hydrogen-bond donors (Lipinski definition) is 0. The summed E-state index contributed by atoms with van der Waals surface area (Å²) in [6.07, 6.45) is 2.49. The number of piperidine rings is 1. The molecule has 1 saturated heterocycles. The van der Waals surface area contributed by atoms with Crippen LogP contribution in [0.1, 0.15) is 42.6 Å². The molecule has 0 radical (unpaired) electrons. The van der Waals surface area contributed by atoms with Gasteiger partial charge in [0.15, 0.2) is 0 Å². The van der Waals surface area contributed by atoms with Crippen molar-refractivity contribution in [2.45, 2.75) is 43.9 Å². The smallest absolute Gasteiger partial charge is 0.258 e. The van der Waals surface area contributed by atoms with Crippen LogP contribution >= 0.6 is 11.3 Å². The molecule has 2 aromatic rings. The monoisotopic (exact) mass is 410 g/mol. The van der Waals surface area contributed by atoms with Gasteiger partial charge in [0.05, 0.1) is 9.82 Å². The van der Waals surface area contributed by atoms with E-state index in [4.69, 9.17) is 0 Å². The molecule has 1 aliphatic heterocycles. The van der Waals surface area contributed by atoms with Gasteiger partial charge in [0.25, 0.3) is 5.69 Å². The zero-order valence-corrected chi connectivity index (χ0v) is 16.9. The fourth-order valence-corrected chi connectivity index (χ4v) is 5.82. The molecule has 0 saturated carbocycles. The SMILES string of the molecule is CC(C)Cc1nnc(C2CCCN(S(=O)(=O)c3ccc([N+](=O)[O-])cc3)C2)s1. The Labute approximate surface area is 162 Å². The molecular formula is C17H22N4O4S2. The third-order valence-electron chi connectivity index (χ3n) is 4.48. The third-order valence-corrected chi connectivity index (χ3v) is 7.47. The van der Waals surface area contributed by atoms with Gasteiger partial charge in [-0.05, 0) is 30.9 Å². The highest BCUT2D eigenvalue weighted by atomic mass is 32.2. The van der Waals surface area contributed by atoms with Crippen LogP contribution in [0.15, 0.2) is 29.2 Å². The highest BCUT2D eigenvalue weighted by Crippen LogP contribution is 2.32. The van der Waals surface area contributed by atoms with Gasteiger partial charge in [-0.25, -0.2) is 8.42 Å². The van der Waals surface area contributed by atoms with E-state index in [2.05, 4.69) is 24.0 Å². The van der Waals surface area contributed by atoms with Crippen LogP contribution in [-0.4, -0.2) is 40.9 Å². The zero-order valence-electron chi connectivity index (χ0n) is 15.2. The normalized spacial score (nSPS) is 18.7. The summed E-state index contributed by atoms with van der Waals surface area (Å²) in [5.74, 6) is 0.529. The fraction of sp³-hybridized carbons (Fsp3) is 0.529. The number of benzene rings is 1. The first-order valence-corrected chi connectivity index (χ1v) is 11.1. The molecule has 146 valence electrons. The lowest BCUT2D eigenvalue weighted by Crippen LogP contribution is -2.39. The van der Waals surface area contributed by atoms with E-state index in [0.29, 0.717) is 19.0 Å². The molecule has 1 fully saturated rings. The molecular weight excluding hydrogens is 388 g/mol. The number of nitro benzene ring substituents is 1. The van der Waals surface area contributed by atoms with Gasteiger partial charge in [-0.15, -0.1) is 21.5 Å². The minimum absolute atomic E-state index is 0.0324. The molecule has 2 heterocycles. The predicted molar refractivity (Wildman–Crippen MR) is 102 cm³/mol. The first kappa shape index (κ1) is 19.8. The number of nitro groups is 1. The lowest BCUT2D eigenvalue weighted by atomic mass is 10.0. The summed E-state index contributed by atoms with van der Waals surface area (Å²) in [5, 5.41) is 21.2. The van der Waals surface area contributed by atoms with Crippen LogP contribution in [0, 0.1) is 16.0 Å². The molecule has 0 bridgehead atoms. The van der Waals surface area contributed by atoms with Crippen LogP contribution < -0.4 is 0 Å². The fourth-order valence-electron chi connectivity index (χ4n) is 3.11. The molecule has 0 spiro atoms. The van der Waals surface area contributed by atoms with Crippen molar-refractivity contribution >= 4 is 27.0 Å². The van der Waals surface area contributed by atoms with Crippen LogP contribution in [0.5, 0.6) is 0 Å². The Morgan fingerprint density at radius 1 is 1.30 bits per heavy atom. The van der Waals surface area contributed by atoms with Gasteiger partial charge in [-0.1, -0.05) is 13.8 Å². The summed E-state index contributed by atoms with van der Waals surface area (Å²) in [5.41, 5.74) is -0.128. The van der Waals surface area contributed by atoms with Crippen molar-refractivity contribution in [3.05, 3.63) is 44.4 Å². The van der Waals surface area contributed by atoms with Crippen molar-refractivity contribution in [3.8, 4) is 0 Å². The second-order valence-electron chi connectivity index (χ2n) is 7.09. The van der Waals surface area contributed by atoms with Gasteiger partial charge >= 0.3 is 0 Å². The first-order valence-electron chi connectivity index (χ1n) is 8.84. The molecule has 27 heavy (non-hydrogen) atoms. The Balaban J connectivity index is 1.76. The van der Waals surface area contributed by atoms with Gasteiger partial charge in [-0.2, -0.15) is 4.31 Å². The lowest BCUT2D eigenvalue weighted by Gasteiger charge is -2.30. The number of nitrogens with zero attached hydrogens (tertiary/aromatic N) is 4. The summed E-state index contributed by atoms with van der Waals surface area (Å²) in [7, 11) is -3.69. The van der Waals surface area contributed by atoms with E-state index in [0.717, 1.165) is 29.3 Å². The molecule has 8 nitrogen and oxygen atoms in total. The molecule has 0 amide bonds. The van der Waals surface area contributed by atoms with Crippen LogP contribution in [0.2, 0.25) is 0 Å². The zero-order chi connectivity index (χ0) is 19.6. The van der Waals surface area contributed by atoms with Crippen molar-refractivity contribution in [1.29, 1.82) is 0 Å². The number of sulfonamides is 1.